The van der Waals surface area contributed by atoms with Crippen molar-refractivity contribution in [2.24, 2.45) is 0 Å². The number of carbonyl (C=O) groups is 2. The van der Waals surface area contributed by atoms with E-state index in [0.717, 1.165) is 31.2 Å². The van der Waals surface area contributed by atoms with Crippen molar-refractivity contribution in [2.75, 3.05) is 11.9 Å². The fourth-order valence-electron chi connectivity index (χ4n) is 2.61. The van der Waals surface area contributed by atoms with Gasteiger partial charge in [0, 0.05) is 23.8 Å². The van der Waals surface area contributed by atoms with Crippen LogP contribution in [0.3, 0.4) is 0 Å². The van der Waals surface area contributed by atoms with E-state index in [1.165, 1.54) is 0 Å². The zero-order valence-corrected chi connectivity index (χ0v) is 16.2. The smallest absolute Gasteiger partial charge is 0.319 e. The van der Waals surface area contributed by atoms with Crippen LogP contribution in [0.1, 0.15) is 35.2 Å². The van der Waals surface area contributed by atoms with E-state index in [0.29, 0.717) is 27.8 Å². The van der Waals surface area contributed by atoms with E-state index in [1.807, 2.05) is 12.1 Å². The molecular weight excluding hydrogens is 385 g/mol. The van der Waals surface area contributed by atoms with Gasteiger partial charge in [-0.3, -0.25) is 4.79 Å². The van der Waals surface area contributed by atoms with Gasteiger partial charge in [-0.1, -0.05) is 35.3 Å². The van der Waals surface area contributed by atoms with Gasteiger partial charge in [0.1, 0.15) is 0 Å². The second kappa shape index (κ2) is 9.11. The molecule has 0 aliphatic heterocycles. The second-order valence-electron chi connectivity index (χ2n) is 6.56. The summed E-state index contributed by atoms with van der Waals surface area (Å²) < 4.78 is 0. The van der Waals surface area contributed by atoms with Gasteiger partial charge in [0.2, 0.25) is 0 Å². The van der Waals surface area contributed by atoms with Crippen molar-refractivity contribution in [3.05, 3.63) is 63.6 Å². The van der Waals surface area contributed by atoms with Crippen LogP contribution in [-0.2, 0) is 6.42 Å². The van der Waals surface area contributed by atoms with E-state index in [1.54, 1.807) is 30.3 Å². The molecule has 7 heteroatoms. The van der Waals surface area contributed by atoms with Crippen LogP contribution < -0.4 is 16.0 Å². The minimum Gasteiger partial charge on any atom is -0.352 e. The van der Waals surface area contributed by atoms with Gasteiger partial charge in [0.15, 0.2) is 0 Å². The van der Waals surface area contributed by atoms with Crippen molar-refractivity contribution in [1.29, 1.82) is 0 Å². The van der Waals surface area contributed by atoms with E-state index in [2.05, 4.69) is 16.0 Å². The SMILES string of the molecule is O=C(Nc1cccc(C(=O)NCCCc2ccc(Cl)c(Cl)c2)c1)NC1CC1. The number of aryl methyl sites for hydroxylation is 1. The molecule has 0 atom stereocenters. The van der Waals surface area contributed by atoms with Crippen LogP contribution in [0.5, 0.6) is 0 Å². The number of benzene rings is 2. The Kier molecular flexibility index (Phi) is 6.58. The molecule has 0 unspecified atom stereocenters. The van der Waals surface area contributed by atoms with E-state index >= 15 is 0 Å². The van der Waals surface area contributed by atoms with E-state index in [-0.39, 0.29) is 18.0 Å². The molecule has 0 heterocycles. The Balaban J connectivity index is 1.45. The van der Waals surface area contributed by atoms with Gasteiger partial charge in [-0.15, -0.1) is 0 Å². The van der Waals surface area contributed by atoms with Crippen LogP contribution in [0, 0.1) is 0 Å². The van der Waals surface area contributed by atoms with Crippen molar-refractivity contribution >= 4 is 40.8 Å². The number of anilines is 1. The first-order valence-electron chi connectivity index (χ1n) is 8.91. The lowest BCUT2D eigenvalue weighted by atomic mass is 10.1. The Morgan fingerprint density at radius 3 is 2.59 bits per heavy atom. The standard InChI is InChI=1S/C20H21Cl2N3O2/c21-17-9-6-13(11-18(17)22)3-2-10-23-19(26)14-4-1-5-16(12-14)25-20(27)24-15-7-8-15/h1,4-6,9,11-12,15H,2-3,7-8,10H2,(H,23,26)(H2,24,25,27). The Morgan fingerprint density at radius 1 is 1.04 bits per heavy atom. The second-order valence-corrected chi connectivity index (χ2v) is 7.38. The van der Waals surface area contributed by atoms with Gasteiger partial charge < -0.3 is 16.0 Å². The summed E-state index contributed by atoms with van der Waals surface area (Å²) in [5, 5.41) is 9.56. The molecule has 1 aliphatic rings. The first-order chi connectivity index (χ1) is 13.0. The average Bonchev–Trinajstić information content (AvgIpc) is 3.45. The monoisotopic (exact) mass is 405 g/mol. The molecule has 5 nitrogen and oxygen atoms in total. The molecule has 3 amide bonds. The summed E-state index contributed by atoms with van der Waals surface area (Å²) in [5.74, 6) is -0.171. The summed E-state index contributed by atoms with van der Waals surface area (Å²) in [6.07, 6.45) is 3.63. The third-order valence-electron chi connectivity index (χ3n) is 4.21. The number of halogens is 2. The quantitative estimate of drug-likeness (QED) is 0.587. The van der Waals surface area contributed by atoms with Crippen LogP contribution in [-0.4, -0.2) is 24.5 Å². The Hall–Kier alpha value is -2.24. The number of amides is 3. The number of hydrogen-bond acceptors (Lipinski definition) is 2. The third kappa shape index (κ3) is 6.15. The molecule has 2 aromatic carbocycles. The molecule has 0 spiro atoms. The fraction of sp³-hybridized carbons (Fsp3) is 0.300. The van der Waals surface area contributed by atoms with Crippen molar-refractivity contribution in [1.82, 2.24) is 10.6 Å². The van der Waals surface area contributed by atoms with Crippen LogP contribution >= 0.6 is 23.2 Å². The highest BCUT2D eigenvalue weighted by atomic mass is 35.5. The van der Waals surface area contributed by atoms with Crippen molar-refractivity contribution in [2.45, 2.75) is 31.7 Å². The first kappa shape index (κ1) is 19.5. The minimum atomic E-state index is -0.239. The first-order valence-corrected chi connectivity index (χ1v) is 9.66. The third-order valence-corrected chi connectivity index (χ3v) is 4.95. The normalized spacial score (nSPS) is 13.1. The van der Waals surface area contributed by atoms with Crippen molar-refractivity contribution in [3.63, 3.8) is 0 Å². The zero-order chi connectivity index (χ0) is 19.2. The largest absolute Gasteiger partial charge is 0.352 e. The van der Waals surface area contributed by atoms with E-state index in [4.69, 9.17) is 23.2 Å². The van der Waals surface area contributed by atoms with Crippen molar-refractivity contribution < 1.29 is 9.59 Å². The Morgan fingerprint density at radius 2 is 1.85 bits per heavy atom. The highest BCUT2D eigenvalue weighted by Crippen LogP contribution is 2.23. The van der Waals surface area contributed by atoms with E-state index in [9.17, 15) is 9.59 Å². The van der Waals surface area contributed by atoms with Crippen LogP contribution in [0.4, 0.5) is 10.5 Å². The molecule has 142 valence electrons. The lowest BCUT2D eigenvalue weighted by molar-refractivity contribution is 0.0953. The molecule has 1 fully saturated rings. The van der Waals surface area contributed by atoms with Crippen LogP contribution in [0.2, 0.25) is 10.0 Å². The number of hydrogen-bond donors (Lipinski definition) is 3. The molecule has 27 heavy (non-hydrogen) atoms. The molecule has 0 bridgehead atoms. The summed E-state index contributed by atoms with van der Waals surface area (Å²) in [6.45, 7) is 0.541. The zero-order valence-electron chi connectivity index (χ0n) is 14.7. The molecule has 3 rings (SSSR count). The van der Waals surface area contributed by atoms with Crippen LogP contribution in [0.15, 0.2) is 42.5 Å². The van der Waals surface area contributed by atoms with Gasteiger partial charge in [-0.05, 0) is 61.6 Å². The lowest BCUT2D eigenvalue weighted by Gasteiger charge is -2.09. The summed E-state index contributed by atoms with van der Waals surface area (Å²) in [6, 6.07) is 12.5. The summed E-state index contributed by atoms with van der Waals surface area (Å²) in [4.78, 5) is 24.1. The molecule has 0 radical (unpaired) electrons. The fourth-order valence-corrected chi connectivity index (χ4v) is 2.93. The van der Waals surface area contributed by atoms with Crippen molar-refractivity contribution in [3.8, 4) is 0 Å². The van der Waals surface area contributed by atoms with Gasteiger partial charge >= 0.3 is 6.03 Å². The highest BCUT2D eigenvalue weighted by molar-refractivity contribution is 6.42. The van der Waals surface area contributed by atoms with Gasteiger partial charge in [0.25, 0.3) is 5.91 Å². The van der Waals surface area contributed by atoms with Gasteiger partial charge in [-0.25, -0.2) is 4.79 Å². The number of rotatable bonds is 7. The minimum absolute atomic E-state index is 0.171. The maximum absolute atomic E-state index is 12.3. The average molecular weight is 406 g/mol. The topological polar surface area (TPSA) is 70.2 Å². The maximum atomic E-state index is 12.3. The highest BCUT2D eigenvalue weighted by Gasteiger charge is 2.23. The van der Waals surface area contributed by atoms with Crippen LogP contribution in [0.25, 0.3) is 0 Å². The number of carbonyl (C=O) groups excluding carboxylic acids is 2. The summed E-state index contributed by atoms with van der Waals surface area (Å²) in [5.41, 5.74) is 2.18. The van der Waals surface area contributed by atoms with Gasteiger partial charge in [-0.2, -0.15) is 0 Å². The molecule has 2 aromatic rings. The predicted octanol–water partition coefficient (Wildman–Crippen LogP) is 4.64. The maximum Gasteiger partial charge on any atom is 0.319 e. The van der Waals surface area contributed by atoms with E-state index < -0.39 is 0 Å². The van der Waals surface area contributed by atoms with Gasteiger partial charge in [0.05, 0.1) is 10.0 Å². The molecule has 0 saturated heterocycles. The molecule has 1 saturated carbocycles. The molecule has 0 aromatic heterocycles. The predicted molar refractivity (Wildman–Crippen MR) is 109 cm³/mol. The summed E-state index contributed by atoms with van der Waals surface area (Å²) >= 11 is 11.9. The molecule has 1 aliphatic carbocycles. The molecular formula is C20H21Cl2N3O2. The molecule has 3 N–H and O–H groups in total. The Bertz CT molecular complexity index is 838. The summed E-state index contributed by atoms with van der Waals surface area (Å²) in [7, 11) is 0. The lowest BCUT2D eigenvalue weighted by Crippen LogP contribution is -2.30. The number of urea groups is 1. The number of nitrogens with one attached hydrogen (secondary N) is 3. The Labute approximate surface area is 168 Å².